The van der Waals surface area contributed by atoms with Gasteiger partial charge in [-0.3, -0.25) is 4.79 Å². The number of nitrogens with zero attached hydrogens (tertiary/aromatic N) is 1. The van der Waals surface area contributed by atoms with Crippen molar-refractivity contribution in [3.05, 3.63) is 59.1 Å². The minimum Gasteiger partial charge on any atom is -0.493 e. The summed E-state index contributed by atoms with van der Waals surface area (Å²) in [4.78, 5) is 16.6. The number of thiazole rings is 1. The predicted molar refractivity (Wildman–Crippen MR) is 101 cm³/mol. The smallest absolute Gasteiger partial charge is 0.251 e. The lowest BCUT2D eigenvalue weighted by Gasteiger charge is -2.08. The summed E-state index contributed by atoms with van der Waals surface area (Å²) in [6.07, 6.45) is 0.706. The highest BCUT2D eigenvalue weighted by Gasteiger charge is 2.07. The van der Waals surface area contributed by atoms with Gasteiger partial charge in [0.15, 0.2) is 0 Å². The predicted octanol–water partition coefficient (Wildman–Crippen LogP) is 4.02. The molecule has 0 aliphatic heterocycles. The first-order valence-electron chi connectivity index (χ1n) is 7.99. The molecule has 4 nitrogen and oxygen atoms in total. The number of fused-ring (bicyclic) bond motifs is 1. The molecule has 0 radical (unpaired) electrons. The summed E-state index contributed by atoms with van der Waals surface area (Å²) in [5.41, 5.74) is 4.33. The summed E-state index contributed by atoms with van der Waals surface area (Å²) in [5.74, 6) is 6.50. The number of nitrogens with one attached hydrogen (secondary N) is 1. The Kier molecular flexibility index (Phi) is 5.65. The monoisotopic (exact) mass is 350 g/mol. The second-order valence-corrected chi connectivity index (χ2v) is 6.28. The minimum atomic E-state index is -0.0974. The van der Waals surface area contributed by atoms with Crippen LogP contribution in [0.2, 0.25) is 0 Å². The third-order valence-electron chi connectivity index (χ3n) is 3.62. The van der Waals surface area contributed by atoms with Gasteiger partial charge in [-0.1, -0.05) is 12.1 Å². The zero-order chi connectivity index (χ0) is 17.5. The molecule has 1 aromatic heterocycles. The fourth-order valence-corrected chi connectivity index (χ4v) is 3.09. The molecule has 0 unspecified atom stereocenters. The van der Waals surface area contributed by atoms with Crippen molar-refractivity contribution in [1.82, 2.24) is 10.3 Å². The quantitative estimate of drug-likeness (QED) is 0.540. The molecule has 0 saturated carbocycles. The van der Waals surface area contributed by atoms with Gasteiger partial charge in [0.1, 0.15) is 5.75 Å². The molecule has 0 saturated heterocycles. The Labute approximate surface area is 150 Å². The van der Waals surface area contributed by atoms with Gasteiger partial charge in [0, 0.05) is 18.5 Å². The lowest BCUT2D eigenvalue weighted by atomic mass is 10.2. The van der Waals surface area contributed by atoms with E-state index in [1.807, 2.05) is 43.3 Å². The van der Waals surface area contributed by atoms with Gasteiger partial charge in [-0.2, -0.15) is 0 Å². The van der Waals surface area contributed by atoms with Gasteiger partial charge in [-0.15, -0.1) is 23.2 Å². The molecule has 3 rings (SSSR count). The van der Waals surface area contributed by atoms with Gasteiger partial charge in [0.25, 0.3) is 5.91 Å². The molecular weight excluding hydrogens is 332 g/mol. The zero-order valence-corrected chi connectivity index (χ0v) is 14.7. The number of hydrogen-bond donors (Lipinski definition) is 1. The highest BCUT2D eigenvalue weighted by Crippen LogP contribution is 2.19. The largest absolute Gasteiger partial charge is 0.493 e. The van der Waals surface area contributed by atoms with Gasteiger partial charge in [-0.05, 0) is 42.8 Å². The first-order valence-corrected chi connectivity index (χ1v) is 8.87. The van der Waals surface area contributed by atoms with E-state index in [0.717, 1.165) is 21.5 Å². The number of aromatic nitrogens is 1. The van der Waals surface area contributed by atoms with Crippen LogP contribution in [-0.2, 0) is 6.54 Å². The Bertz CT molecular complexity index is 937. The van der Waals surface area contributed by atoms with E-state index in [1.54, 1.807) is 11.6 Å². The van der Waals surface area contributed by atoms with Crippen LogP contribution in [0.4, 0.5) is 0 Å². The molecule has 0 aliphatic rings. The van der Waals surface area contributed by atoms with Crippen LogP contribution in [0, 0.1) is 11.8 Å². The van der Waals surface area contributed by atoms with Crippen molar-refractivity contribution in [3.8, 4) is 17.6 Å². The van der Waals surface area contributed by atoms with Crippen molar-refractivity contribution in [3.63, 3.8) is 0 Å². The van der Waals surface area contributed by atoms with Crippen LogP contribution in [0.5, 0.6) is 5.75 Å². The fourth-order valence-electron chi connectivity index (χ4n) is 2.37. The van der Waals surface area contributed by atoms with Crippen molar-refractivity contribution in [1.29, 1.82) is 0 Å². The molecule has 0 atom stereocenters. The van der Waals surface area contributed by atoms with E-state index >= 15 is 0 Å². The fraction of sp³-hybridized carbons (Fsp3) is 0.200. The van der Waals surface area contributed by atoms with Crippen molar-refractivity contribution >= 4 is 27.5 Å². The number of ether oxygens (including phenoxy) is 1. The highest BCUT2D eigenvalue weighted by molar-refractivity contribution is 7.16. The molecule has 25 heavy (non-hydrogen) atoms. The number of carbonyl (C=O) groups excluding carboxylic acids is 1. The number of rotatable bonds is 6. The molecule has 0 spiro atoms. The van der Waals surface area contributed by atoms with Gasteiger partial charge in [0.2, 0.25) is 0 Å². The molecule has 5 heteroatoms. The third kappa shape index (κ3) is 4.59. The van der Waals surface area contributed by atoms with Crippen molar-refractivity contribution in [2.24, 2.45) is 0 Å². The summed E-state index contributed by atoms with van der Waals surface area (Å²) in [6, 6.07) is 13.3. The molecule has 1 N–H and O–H groups in total. The standard InChI is InChI=1S/C20H18N2O2S/c1-2-3-4-10-24-17-7-5-6-15(11-17)13-21-20(23)16-8-9-18-19(12-16)25-14-22-18/h5-9,11-12,14H,4,10,13H2,1H3,(H,21,23). The van der Waals surface area contributed by atoms with Gasteiger partial charge in [-0.25, -0.2) is 4.98 Å². The van der Waals surface area contributed by atoms with E-state index < -0.39 is 0 Å². The topological polar surface area (TPSA) is 51.2 Å². The van der Waals surface area contributed by atoms with Crippen LogP contribution in [0.1, 0.15) is 29.3 Å². The van der Waals surface area contributed by atoms with Crippen molar-refractivity contribution in [2.75, 3.05) is 6.61 Å². The van der Waals surface area contributed by atoms with Gasteiger partial charge < -0.3 is 10.1 Å². The summed E-state index contributed by atoms with van der Waals surface area (Å²) >= 11 is 1.53. The maximum atomic E-state index is 12.3. The molecule has 126 valence electrons. The first kappa shape index (κ1) is 17.0. The number of hydrogen-bond acceptors (Lipinski definition) is 4. The Morgan fingerprint density at radius 3 is 3.08 bits per heavy atom. The molecule has 1 heterocycles. The Morgan fingerprint density at radius 2 is 2.20 bits per heavy atom. The van der Waals surface area contributed by atoms with Crippen LogP contribution in [-0.4, -0.2) is 17.5 Å². The van der Waals surface area contributed by atoms with E-state index in [4.69, 9.17) is 4.74 Å². The van der Waals surface area contributed by atoms with Crippen LogP contribution in [0.25, 0.3) is 10.2 Å². The van der Waals surface area contributed by atoms with E-state index in [1.165, 1.54) is 11.3 Å². The molecule has 3 aromatic rings. The van der Waals surface area contributed by atoms with Crippen molar-refractivity contribution < 1.29 is 9.53 Å². The summed E-state index contributed by atoms with van der Waals surface area (Å²) in [6.45, 7) is 2.83. The van der Waals surface area contributed by atoms with E-state index in [-0.39, 0.29) is 5.91 Å². The molecular formula is C20H18N2O2S. The minimum absolute atomic E-state index is 0.0974. The summed E-state index contributed by atoms with van der Waals surface area (Å²) in [7, 11) is 0. The molecule has 2 aromatic carbocycles. The SMILES string of the molecule is CC#CCCOc1cccc(CNC(=O)c2ccc3ncsc3c2)c1. The van der Waals surface area contributed by atoms with Crippen LogP contribution < -0.4 is 10.1 Å². The Hall–Kier alpha value is -2.84. The Morgan fingerprint density at radius 1 is 1.28 bits per heavy atom. The number of amides is 1. The number of benzene rings is 2. The third-order valence-corrected chi connectivity index (χ3v) is 4.41. The van der Waals surface area contributed by atoms with E-state index in [9.17, 15) is 4.79 Å². The lowest BCUT2D eigenvalue weighted by Crippen LogP contribution is -2.22. The normalized spacial score (nSPS) is 10.1. The second-order valence-electron chi connectivity index (χ2n) is 5.39. The maximum absolute atomic E-state index is 12.3. The maximum Gasteiger partial charge on any atom is 0.251 e. The van der Waals surface area contributed by atoms with Crippen LogP contribution in [0.15, 0.2) is 48.0 Å². The van der Waals surface area contributed by atoms with Crippen LogP contribution in [0.3, 0.4) is 0 Å². The molecule has 0 fully saturated rings. The second kappa shape index (κ2) is 8.32. The van der Waals surface area contributed by atoms with E-state index in [0.29, 0.717) is 25.1 Å². The summed E-state index contributed by atoms with van der Waals surface area (Å²) < 4.78 is 6.67. The highest BCUT2D eigenvalue weighted by atomic mass is 32.1. The van der Waals surface area contributed by atoms with Gasteiger partial charge >= 0.3 is 0 Å². The van der Waals surface area contributed by atoms with Crippen molar-refractivity contribution in [2.45, 2.75) is 19.9 Å². The average molecular weight is 350 g/mol. The zero-order valence-electron chi connectivity index (χ0n) is 13.9. The lowest BCUT2D eigenvalue weighted by molar-refractivity contribution is 0.0951. The first-order chi connectivity index (χ1) is 12.3. The molecule has 0 aliphatic carbocycles. The molecule has 1 amide bonds. The number of carbonyl (C=O) groups is 1. The molecule has 0 bridgehead atoms. The van der Waals surface area contributed by atoms with Crippen LogP contribution >= 0.6 is 11.3 Å². The average Bonchev–Trinajstić information content (AvgIpc) is 3.11. The summed E-state index contributed by atoms with van der Waals surface area (Å²) in [5, 5.41) is 2.94. The van der Waals surface area contributed by atoms with E-state index in [2.05, 4.69) is 22.1 Å². The Balaban J connectivity index is 1.58. The van der Waals surface area contributed by atoms with Gasteiger partial charge in [0.05, 0.1) is 22.3 Å².